The monoisotopic (exact) mass is 309 g/mol. The van der Waals surface area contributed by atoms with Crippen LogP contribution in [0.1, 0.15) is 13.8 Å². The first-order chi connectivity index (χ1) is 9.54. The topological polar surface area (TPSA) is 59.0 Å². The molecule has 0 amide bonds. The van der Waals surface area contributed by atoms with Crippen LogP contribution in [0.25, 0.3) is 0 Å². The third-order valence-corrected chi connectivity index (χ3v) is 6.77. The molecule has 0 radical (unpaired) electrons. The summed E-state index contributed by atoms with van der Waals surface area (Å²) in [4.78, 5) is 12.0. The van der Waals surface area contributed by atoms with Gasteiger partial charge in [0, 0.05) is 0 Å². The summed E-state index contributed by atoms with van der Waals surface area (Å²) in [6.07, 6.45) is 0. The molecule has 2 atom stereocenters. The molecule has 2 heterocycles. The van der Waals surface area contributed by atoms with E-state index in [2.05, 4.69) is 34.2 Å². The second-order valence-corrected chi connectivity index (χ2v) is 9.38. The number of piperidine rings is 1. The van der Waals surface area contributed by atoms with Crippen molar-refractivity contribution in [2.24, 2.45) is 5.92 Å². The van der Waals surface area contributed by atoms with Crippen molar-refractivity contribution in [1.29, 1.82) is 0 Å². The standard InChI is InChI=1S/C11H24B4NO4P/c1-6(2)21-16-5-9(19-3-4-20-9)7(8(17)18)10(12,13)11(16,14)15/h6-7,21H,3-5,12-15H2,1-2H3,(H,17,18). The fraction of sp³-hybridized carbons (Fsp3) is 0.909. The van der Waals surface area contributed by atoms with Gasteiger partial charge in [-0.05, 0) is 19.7 Å². The summed E-state index contributed by atoms with van der Waals surface area (Å²) in [5.41, 5.74) is 0.528. The Kier molecular flexibility index (Phi) is 4.63. The first-order valence-corrected chi connectivity index (χ1v) is 8.61. The average Bonchev–Trinajstić information content (AvgIpc) is 2.73. The number of carbonyl (C=O) groups is 1. The van der Waals surface area contributed by atoms with E-state index in [1.165, 1.54) is 0 Å². The molecule has 2 aliphatic heterocycles. The van der Waals surface area contributed by atoms with Crippen LogP contribution in [0.4, 0.5) is 0 Å². The molecule has 10 heteroatoms. The van der Waals surface area contributed by atoms with Gasteiger partial charge in [-0.3, -0.25) is 9.46 Å². The minimum atomic E-state index is -1.01. The Morgan fingerprint density at radius 2 is 1.81 bits per heavy atom. The van der Waals surface area contributed by atoms with Crippen molar-refractivity contribution in [1.82, 2.24) is 4.67 Å². The van der Waals surface area contributed by atoms with Crippen molar-refractivity contribution in [3.8, 4) is 0 Å². The van der Waals surface area contributed by atoms with Gasteiger partial charge in [-0.15, -0.1) is 0 Å². The second kappa shape index (κ2) is 5.59. The molecule has 114 valence electrons. The average molecular weight is 309 g/mol. The number of rotatable bonds is 3. The minimum Gasteiger partial charge on any atom is -0.481 e. The Morgan fingerprint density at radius 3 is 2.24 bits per heavy atom. The number of nitrogens with zero attached hydrogens (tertiary/aromatic N) is 1. The molecule has 2 aliphatic rings. The molecule has 2 fully saturated rings. The zero-order valence-corrected chi connectivity index (χ0v) is 14.9. The molecule has 1 spiro atoms. The summed E-state index contributed by atoms with van der Waals surface area (Å²) in [5.74, 6) is -2.51. The highest BCUT2D eigenvalue weighted by molar-refractivity contribution is 7.36. The maximum atomic E-state index is 12.0. The van der Waals surface area contributed by atoms with E-state index in [1.807, 2.05) is 15.7 Å². The van der Waals surface area contributed by atoms with Gasteiger partial charge >= 0.3 is 5.97 Å². The molecular formula is C11H24B4NO4P. The van der Waals surface area contributed by atoms with Gasteiger partial charge in [0.2, 0.25) is 0 Å². The highest BCUT2D eigenvalue weighted by Gasteiger charge is 2.64. The van der Waals surface area contributed by atoms with Crippen LogP contribution < -0.4 is 0 Å². The normalized spacial score (nSPS) is 31.3. The summed E-state index contributed by atoms with van der Waals surface area (Å²) in [6, 6.07) is 0. The van der Waals surface area contributed by atoms with E-state index in [4.69, 9.17) is 9.47 Å². The lowest BCUT2D eigenvalue weighted by molar-refractivity contribution is -0.228. The van der Waals surface area contributed by atoms with Crippen molar-refractivity contribution < 1.29 is 19.4 Å². The summed E-state index contributed by atoms with van der Waals surface area (Å²) < 4.78 is 14.1. The zero-order chi connectivity index (χ0) is 16.1. The Labute approximate surface area is 132 Å². The molecule has 0 aliphatic carbocycles. The number of carboxylic acids is 1. The van der Waals surface area contributed by atoms with E-state index in [0.29, 0.717) is 34.1 Å². The predicted molar refractivity (Wildman–Crippen MR) is 95.5 cm³/mol. The molecular weight excluding hydrogens is 284 g/mol. The maximum Gasteiger partial charge on any atom is 0.311 e. The van der Waals surface area contributed by atoms with Gasteiger partial charge in [0.25, 0.3) is 0 Å². The summed E-state index contributed by atoms with van der Waals surface area (Å²) in [6.45, 7) is 5.84. The van der Waals surface area contributed by atoms with E-state index in [-0.39, 0.29) is 5.34 Å². The highest BCUT2D eigenvalue weighted by atomic mass is 31.1. The van der Waals surface area contributed by atoms with Crippen molar-refractivity contribution >= 4 is 46.1 Å². The molecule has 0 aromatic rings. The molecule has 21 heavy (non-hydrogen) atoms. The number of hydrogen-bond acceptors (Lipinski definition) is 4. The molecule has 1 N–H and O–H groups in total. The maximum absolute atomic E-state index is 12.0. The number of hydrogen-bond donors (Lipinski definition) is 1. The van der Waals surface area contributed by atoms with Crippen molar-refractivity contribution in [3.05, 3.63) is 0 Å². The zero-order valence-electron chi connectivity index (χ0n) is 13.9. The van der Waals surface area contributed by atoms with Crippen molar-refractivity contribution in [2.75, 3.05) is 19.8 Å². The van der Waals surface area contributed by atoms with Crippen LogP contribution in [0.3, 0.4) is 0 Å². The molecule has 2 unspecified atom stereocenters. The molecule has 0 saturated carbocycles. The number of aliphatic carboxylic acids is 1. The third kappa shape index (κ3) is 2.71. The summed E-state index contributed by atoms with van der Waals surface area (Å²) in [5, 5.41) is 9.12. The SMILES string of the molecule is BC1(B)C(C(=O)O)C2(CN(PC(C)C)C1(B)B)OCCO2. The molecule has 2 rings (SSSR count). The number of ether oxygens (including phenoxy) is 2. The van der Waals surface area contributed by atoms with Gasteiger partial charge in [-0.1, -0.05) is 19.1 Å². The van der Waals surface area contributed by atoms with E-state index in [9.17, 15) is 9.90 Å². The molecule has 0 aromatic carbocycles. The molecule has 5 nitrogen and oxygen atoms in total. The summed E-state index contributed by atoms with van der Waals surface area (Å²) >= 11 is 0. The first kappa shape index (κ1) is 17.4. The van der Waals surface area contributed by atoms with Crippen LogP contribution >= 0.6 is 8.73 Å². The van der Waals surface area contributed by atoms with Crippen LogP contribution in [0, 0.1) is 5.92 Å². The van der Waals surface area contributed by atoms with Gasteiger partial charge in [0.15, 0.2) is 5.79 Å². The Hall–Kier alpha value is 0.0397. The first-order valence-electron chi connectivity index (χ1n) is 7.59. The van der Waals surface area contributed by atoms with Crippen molar-refractivity contribution in [2.45, 2.75) is 35.8 Å². The second-order valence-electron chi connectivity index (χ2n) is 7.43. The van der Waals surface area contributed by atoms with Gasteiger partial charge < -0.3 is 14.6 Å². The van der Waals surface area contributed by atoms with Crippen LogP contribution in [-0.4, -0.2) is 83.7 Å². The molecule has 0 bridgehead atoms. The fourth-order valence-electron chi connectivity index (χ4n) is 3.50. The number of carboxylic acid groups (broad SMARTS) is 1. The van der Waals surface area contributed by atoms with Crippen LogP contribution in [0.5, 0.6) is 0 Å². The van der Waals surface area contributed by atoms with Gasteiger partial charge in [-0.25, -0.2) is 0 Å². The van der Waals surface area contributed by atoms with E-state index < -0.39 is 22.9 Å². The smallest absolute Gasteiger partial charge is 0.311 e. The minimum absolute atomic E-state index is 0.237. The lowest BCUT2D eigenvalue weighted by Crippen LogP contribution is -2.72. The van der Waals surface area contributed by atoms with Crippen LogP contribution in [-0.2, 0) is 14.3 Å². The van der Waals surface area contributed by atoms with Crippen molar-refractivity contribution in [3.63, 3.8) is 0 Å². The van der Waals surface area contributed by atoms with Crippen LogP contribution in [0.2, 0.25) is 5.21 Å². The molecule has 2 saturated heterocycles. The lowest BCUT2D eigenvalue weighted by atomic mass is 9.28. The Bertz CT molecular complexity index is 426. The molecule has 0 aromatic heterocycles. The van der Waals surface area contributed by atoms with Gasteiger partial charge in [-0.2, -0.15) is 0 Å². The third-order valence-electron chi connectivity index (χ3n) is 5.23. The fourth-order valence-corrected chi connectivity index (χ4v) is 5.05. The highest BCUT2D eigenvalue weighted by Crippen LogP contribution is 2.56. The Morgan fingerprint density at radius 1 is 1.29 bits per heavy atom. The quantitative estimate of drug-likeness (QED) is 0.446. The van der Waals surface area contributed by atoms with E-state index in [1.54, 1.807) is 0 Å². The Balaban J connectivity index is 2.46. The summed E-state index contributed by atoms with van der Waals surface area (Å²) in [7, 11) is 8.94. The van der Waals surface area contributed by atoms with Crippen LogP contribution in [0.15, 0.2) is 0 Å². The van der Waals surface area contributed by atoms with Gasteiger partial charge in [0.1, 0.15) is 37.3 Å². The predicted octanol–water partition coefficient (Wildman–Crippen LogP) is -2.95. The largest absolute Gasteiger partial charge is 0.481 e. The van der Waals surface area contributed by atoms with E-state index in [0.717, 1.165) is 0 Å². The van der Waals surface area contributed by atoms with E-state index >= 15 is 0 Å². The lowest BCUT2D eigenvalue weighted by Gasteiger charge is -2.62. The van der Waals surface area contributed by atoms with Gasteiger partial charge in [0.05, 0.1) is 19.8 Å².